The lowest BCUT2D eigenvalue weighted by molar-refractivity contribution is -0.134. The van der Waals surface area contributed by atoms with Crippen LogP contribution in [-0.4, -0.2) is 44.3 Å². The van der Waals surface area contributed by atoms with Crippen LogP contribution in [0.25, 0.3) is 11.1 Å². The molecule has 186 valence electrons. The zero-order valence-corrected chi connectivity index (χ0v) is 20.8. The highest BCUT2D eigenvalue weighted by atomic mass is 16.7. The number of amides is 2. The molecule has 7 nitrogen and oxygen atoms in total. The van der Waals surface area contributed by atoms with E-state index < -0.39 is 5.41 Å². The molecule has 7 heteroatoms. The third-order valence-electron chi connectivity index (χ3n) is 6.98. The monoisotopic (exact) mass is 486 g/mol. The minimum Gasteiger partial charge on any atom is -0.454 e. The first kappa shape index (κ1) is 23.9. The highest BCUT2D eigenvalue weighted by Crippen LogP contribution is 2.51. The van der Waals surface area contributed by atoms with Crippen LogP contribution in [0, 0.1) is 6.92 Å². The molecule has 3 aromatic rings. The first-order valence-electron chi connectivity index (χ1n) is 12.0. The summed E-state index contributed by atoms with van der Waals surface area (Å²) in [4.78, 5) is 27.0. The number of carbonyl (C=O) groups is 2. The number of carbonyl (C=O) groups excluding carboxylic acids is 2. The van der Waals surface area contributed by atoms with E-state index in [0.717, 1.165) is 52.1 Å². The van der Waals surface area contributed by atoms with Crippen LogP contribution in [-0.2, 0) is 26.3 Å². The van der Waals surface area contributed by atoms with Crippen LogP contribution >= 0.6 is 0 Å². The number of methoxy groups -OCH3 is 1. The normalized spacial score (nSPS) is 14.9. The molecule has 1 N–H and O–H groups in total. The summed E-state index contributed by atoms with van der Waals surface area (Å²) >= 11 is 0. The zero-order chi connectivity index (χ0) is 25.3. The Morgan fingerprint density at radius 3 is 2.47 bits per heavy atom. The van der Waals surface area contributed by atoms with E-state index in [1.807, 2.05) is 60.7 Å². The summed E-state index contributed by atoms with van der Waals surface area (Å²) < 4.78 is 15.8. The molecule has 0 atom stereocenters. The molecule has 0 unspecified atom stereocenters. The molecule has 0 bridgehead atoms. The Morgan fingerprint density at radius 1 is 1.00 bits per heavy atom. The Hall–Kier alpha value is -3.84. The van der Waals surface area contributed by atoms with Crippen molar-refractivity contribution in [1.29, 1.82) is 0 Å². The standard InChI is InChI=1S/C29H30N2O5/c1-19-4-10-23(15-24(19)21-7-5-20(6-8-21)16-31(2)27(32)17-34-3)30-28(33)29(12-13-29)22-9-11-25-26(14-22)36-18-35-25/h4-11,14-15H,12-13,16-18H2,1-3H3,(H,30,33). The summed E-state index contributed by atoms with van der Waals surface area (Å²) in [6.07, 6.45) is 1.61. The van der Waals surface area contributed by atoms with Gasteiger partial charge in [0.25, 0.3) is 0 Å². The second-order valence-corrected chi connectivity index (χ2v) is 9.51. The molecule has 2 aliphatic rings. The number of likely N-dealkylation sites (N-methyl/N-ethyl adjacent to an activating group) is 1. The fraction of sp³-hybridized carbons (Fsp3) is 0.310. The van der Waals surface area contributed by atoms with Crippen LogP contribution < -0.4 is 14.8 Å². The lowest BCUT2D eigenvalue weighted by Crippen LogP contribution is -2.29. The quantitative estimate of drug-likeness (QED) is 0.501. The van der Waals surface area contributed by atoms with Crippen LogP contribution in [0.15, 0.2) is 60.7 Å². The second kappa shape index (κ2) is 9.66. The SMILES string of the molecule is COCC(=O)N(C)Cc1ccc(-c2cc(NC(=O)C3(c4ccc5c(c4)OCO5)CC3)ccc2C)cc1. The van der Waals surface area contributed by atoms with Gasteiger partial charge in [-0.3, -0.25) is 9.59 Å². The van der Waals surface area contributed by atoms with Gasteiger partial charge >= 0.3 is 0 Å². The number of nitrogens with one attached hydrogen (secondary N) is 1. The number of benzene rings is 3. The Morgan fingerprint density at radius 2 is 1.75 bits per heavy atom. The molecular weight excluding hydrogens is 456 g/mol. The molecule has 1 heterocycles. The Kier molecular flexibility index (Phi) is 6.41. The lowest BCUT2D eigenvalue weighted by atomic mass is 9.94. The smallest absolute Gasteiger partial charge is 0.248 e. The van der Waals surface area contributed by atoms with Crippen LogP contribution in [0.4, 0.5) is 5.69 Å². The summed E-state index contributed by atoms with van der Waals surface area (Å²) in [6, 6.07) is 19.9. The maximum atomic E-state index is 13.4. The number of rotatable bonds is 8. The van der Waals surface area contributed by atoms with Crippen molar-refractivity contribution in [3.05, 3.63) is 77.4 Å². The van der Waals surface area contributed by atoms with Gasteiger partial charge in [-0.2, -0.15) is 0 Å². The van der Waals surface area contributed by atoms with E-state index in [0.29, 0.717) is 12.3 Å². The number of anilines is 1. The molecule has 36 heavy (non-hydrogen) atoms. The third kappa shape index (κ3) is 4.66. The first-order chi connectivity index (χ1) is 17.4. The average Bonchev–Trinajstić information content (AvgIpc) is 3.56. The summed E-state index contributed by atoms with van der Waals surface area (Å²) in [6.45, 7) is 2.86. The summed E-state index contributed by atoms with van der Waals surface area (Å²) in [5, 5.41) is 3.14. The van der Waals surface area contributed by atoms with E-state index in [9.17, 15) is 9.59 Å². The van der Waals surface area contributed by atoms with Crippen molar-refractivity contribution < 1.29 is 23.8 Å². The number of ether oxygens (including phenoxy) is 3. The van der Waals surface area contributed by atoms with E-state index in [1.54, 1.807) is 11.9 Å². The molecule has 5 rings (SSSR count). The van der Waals surface area contributed by atoms with Crippen molar-refractivity contribution in [2.75, 3.05) is 32.9 Å². The third-order valence-corrected chi connectivity index (χ3v) is 6.98. The van der Waals surface area contributed by atoms with E-state index >= 15 is 0 Å². The fourth-order valence-electron chi connectivity index (χ4n) is 4.61. The molecule has 1 saturated carbocycles. The molecule has 2 amide bonds. The van der Waals surface area contributed by atoms with E-state index in [1.165, 1.54) is 7.11 Å². The highest BCUT2D eigenvalue weighted by molar-refractivity contribution is 6.02. The highest BCUT2D eigenvalue weighted by Gasteiger charge is 2.51. The first-order valence-corrected chi connectivity index (χ1v) is 12.0. The predicted molar refractivity (Wildman–Crippen MR) is 137 cm³/mol. The maximum Gasteiger partial charge on any atom is 0.248 e. The summed E-state index contributed by atoms with van der Waals surface area (Å²) in [5.74, 6) is 1.35. The van der Waals surface area contributed by atoms with Crippen molar-refractivity contribution >= 4 is 17.5 Å². The molecule has 0 saturated heterocycles. The zero-order valence-electron chi connectivity index (χ0n) is 20.8. The number of fused-ring (bicyclic) bond motifs is 1. The summed E-state index contributed by atoms with van der Waals surface area (Å²) in [7, 11) is 3.28. The minimum absolute atomic E-state index is 0.00437. The molecule has 0 radical (unpaired) electrons. The van der Waals surface area contributed by atoms with Crippen molar-refractivity contribution in [3.8, 4) is 22.6 Å². The molecule has 0 aromatic heterocycles. The largest absolute Gasteiger partial charge is 0.454 e. The van der Waals surface area contributed by atoms with Gasteiger partial charge in [0.1, 0.15) is 6.61 Å². The number of hydrogen-bond acceptors (Lipinski definition) is 5. The van der Waals surface area contributed by atoms with E-state index in [4.69, 9.17) is 14.2 Å². The molecule has 1 aliphatic carbocycles. The van der Waals surface area contributed by atoms with Crippen molar-refractivity contribution in [1.82, 2.24) is 4.90 Å². The predicted octanol–water partition coefficient (Wildman–Crippen LogP) is 4.67. The van der Waals surface area contributed by atoms with Gasteiger partial charge in [0.15, 0.2) is 11.5 Å². The van der Waals surface area contributed by atoms with Crippen LogP contribution in [0.1, 0.15) is 29.5 Å². The molecular formula is C29H30N2O5. The minimum atomic E-state index is -0.528. The molecule has 1 aliphatic heterocycles. The van der Waals surface area contributed by atoms with Gasteiger partial charge in [-0.05, 0) is 71.8 Å². The van der Waals surface area contributed by atoms with E-state index in [-0.39, 0.29) is 25.2 Å². The van der Waals surface area contributed by atoms with Gasteiger partial charge in [0, 0.05) is 26.4 Å². The fourth-order valence-corrected chi connectivity index (χ4v) is 4.61. The van der Waals surface area contributed by atoms with Crippen molar-refractivity contribution in [2.24, 2.45) is 0 Å². The van der Waals surface area contributed by atoms with Gasteiger partial charge in [-0.15, -0.1) is 0 Å². The van der Waals surface area contributed by atoms with Crippen LogP contribution in [0.3, 0.4) is 0 Å². The van der Waals surface area contributed by atoms with Gasteiger partial charge in [-0.25, -0.2) is 0 Å². The van der Waals surface area contributed by atoms with Gasteiger partial charge in [-0.1, -0.05) is 36.4 Å². The van der Waals surface area contributed by atoms with Gasteiger partial charge in [0.2, 0.25) is 18.6 Å². The molecule has 0 spiro atoms. The van der Waals surface area contributed by atoms with Crippen molar-refractivity contribution in [3.63, 3.8) is 0 Å². The molecule has 3 aromatic carbocycles. The van der Waals surface area contributed by atoms with Crippen molar-refractivity contribution in [2.45, 2.75) is 31.7 Å². The number of aryl methyl sites for hydroxylation is 1. The van der Waals surface area contributed by atoms with Gasteiger partial charge < -0.3 is 24.4 Å². The summed E-state index contributed by atoms with van der Waals surface area (Å²) in [5.41, 5.74) is 5.45. The Labute approximate surface area is 211 Å². The van der Waals surface area contributed by atoms with Crippen LogP contribution in [0.2, 0.25) is 0 Å². The molecule has 1 fully saturated rings. The lowest BCUT2D eigenvalue weighted by Gasteiger charge is -2.18. The Bertz CT molecular complexity index is 1300. The van der Waals surface area contributed by atoms with Gasteiger partial charge in [0.05, 0.1) is 5.41 Å². The maximum absolute atomic E-state index is 13.4. The second-order valence-electron chi connectivity index (χ2n) is 9.51. The van der Waals surface area contributed by atoms with Crippen LogP contribution in [0.5, 0.6) is 11.5 Å². The Balaban J connectivity index is 1.30. The average molecular weight is 487 g/mol. The topological polar surface area (TPSA) is 77.1 Å². The van der Waals surface area contributed by atoms with E-state index in [2.05, 4.69) is 12.2 Å². The number of hydrogen-bond donors (Lipinski definition) is 1. The number of nitrogens with zero attached hydrogens (tertiary/aromatic N) is 1.